The number of aromatic nitrogens is 2. The molecular weight excluding hydrogens is 417 g/mol. The smallest absolute Gasteiger partial charge is 0.310 e. The van der Waals surface area contributed by atoms with Crippen LogP contribution >= 0.6 is 11.8 Å². The van der Waals surface area contributed by atoms with E-state index in [-0.39, 0.29) is 16.6 Å². The molecule has 1 heterocycles. The molecule has 2 aromatic carbocycles. The van der Waals surface area contributed by atoms with Gasteiger partial charge in [0.2, 0.25) is 5.91 Å². The van der Waals surface area contributed by atoms with Crippen molar-refractivity contribution in [3.63, 3.8) is 0 Å². The molecular formula is C20H17F3N4O2S. The standard InChI is InChI=1S/C20H17F3N4O2S/c21-20(22,23)13-27-16(14-7-3-1-4-8-14)11-24-19(27)30-12-17(28)26-18(29)25-15-9-5-2-6-10-15/h1-11H,12-13H2,(H2,25,26,28,29). The molecule has 0 aliphatic carbocycles. The number of imide groups is 1. The van der Waals surface area contributed by atoms with E-state index in [1.54, 1.807) is 60.7 Å². The summed E-state index contributed by atoms with van der Waals surface area (Å²) in [5, 5.41) is 4.66. The summed E-state index contributed by atoms with van der Waals surface area (Å²) >= 11 is 0.819. The summed E-state index contributed by atoms with van der Waals surface area (Å²) < 4.78 is 40.3. The first-order chi connectivity index (χ1) is 14.3. The normalized spacial score (nSPS) is 11.2. The molecule has 0 aliphatic heterocycles. The van der Waals surface area contributed by atoms with Gasteiger partial charge in [0.15, 0.2) is 5.16 Å². The molecule has 0 atom stereocenters. The van der Waals surface area contributed by atoms with Crippen molar-refractivity contribution in [3.05, 3.63) is 66.9 Å². The van der Waals surface area contributed by atoms with Gasteiger partial charge in [-0.3, -0.25) is 10.1 Å². The molecule has 0 saturated heterocycles. The Kier molecular flexibility index (Phi) is 6.78. The minimum absolute atomic E-state index is 0.0322. The fourth-order valence-electron chi connectivity index (χ4n) is 2.62. The Labute approximate surface area is 174 Å². The Bertz CT molecular complexity index is 1010. The second kappa shape index (κ2) is 9.49. The number of para-hydroxylation sites is 1. The highest BCUT2D eigenvalue weighted by Crippen LogP contribution is 2.29. The van der Waals surface area contributed by atoms with Crippen molar-refractivity contribution in [1.29, 1.82) is 0 Å². The molecule has 0 bridgehead atoms. The molecule has 6 nitrogen and oxygen atoms in total. The quantitative estimate of drug-likeness (QED) is 0.558. The van der Waals surface area contributed by atoms with Crippen molar-refractivity contribution < 1.29 is 22.8 Å². The lowest BCUT2D eigenvalue weighted by Crippen LogP contribution is -2.35. The van der Waals surface area contributed by atoms with Crippen LogP contribution in [0.1, 0.15) is 0 Å². The molecule has 0 saturated carbocycles. The number of amides is 3. The monoisotopic (exact) mass is 434 g/mol. The van der Waals surface area contributed by atoms with E-state index in [4.69, 9.17) is 0 Å². The van der Waals surface area contributed by atoms with E-state index in [2.05, 4.69) is 15.6 Å². The van der Waals surface area contributed by atoms with Crippen molar-refractivity contribution in [2.75, 3.05) is 11.1 Å². The average Bonchev–Trinajstić information content (AvgIpc) is 3.08. The first-order valence-electron chi connectivity index (χ1n) is 8.78. The third-order valence-electron chi connectivity index (χ3n) is 3.84. The number of nitrogens with zero attached hydrogens (tertiary/aromatic N) is 2. The minimum atomic E-state index is -4.46. The van der Waals surface area contributed by atoms with Crippen LogP contribution in [0.5, 0.6) is 0 Å². The number of urea groups is 1. The van der Waals surface area contributed by atoms with Crippen molar-refractivity contribution in [3.8, 4) is 11.3 Å². The fourth-order valence-corrected chi connectivity index (χ4v) is 3.40. The molecule has 156 valence electrons. The summed E-state index contributed by atoms with van der Waals surface area (Å²) in [7, 11) is 0. The van der Waals surface area contributed by atoms with Gasteiger partial charge < -0.3 is 9.88 Å². The zero-order chi connectivity index (χ0) is 21.6. The van der Waals surface area contributed by atoms with Crippen molar-refractivity contribution in [2.24, 2.45) is 0 Å². The van der Waals surface area contributed by atoms with Gasteiger partial charge in [0, 0.05) is 5.69 Å². The summed E-state index contributed by atoms with van der Waals surface area (Å²) in [4.78, 5) is 27.9. The van der Waals surface area contributed by atoms with Crippen LogP contribution in [0.15, 0.2) is 72.0 Å². The Balaban J connectivity index is 1.66. The molecule has 0 aliphatic rings. The first kappa shape index (κ1) is 21.4. The number of alkyl halides is 3. The van der Waals surface area contributed by atoms with E-state index >= 15 is 0 Å². The number of hydrogen-bond donors (Lipinski definition) is 2. The Morgan fingerprint density at radius 3 is 2.27 bits per heavy atom. The summed E-state index contributed by atoms with van der Waals surface area (Å²) in [6.45, 7) is -1.24. The molecule has 0 spiro atoms. The van der Waals surface area contributed by atoms with Gasteiger partial charge in [-0.15, -0.1) is 0 Å². The number of anilines is 1. The summed E-state index contributed by atoms with van der Waals surface area (Å²) in [6, 6.07) is 16.3. The van der Waals surface area contributed by atoms with Crippen LogP contribution in [-0.2, 0) is 11.3 Å². The van der Waals surface area contributed by atoms with Crippen molar-refractivity contribution in [1.82, 2.24) is 14.9 Å². The fraction of sp³-hybridized carbons (Fsp3) is 0.150. The zero-order valence-corrected chi connectivity index (χ0v) is 16.3. The summed E-state index contributed by atoms with van der Waals surface area (Å²) in [5.74, 6) is -0.929. The molecule has 30 heavy (non-hydrogen) atoms. The maximum atomic E-state index is 13.1. The van der Waals surface area contributed by atoms with E-state index < -0.39 is 24.7 Å². The van der Waals surface area contributed by atoms with E-state index in [9.17, 15) is 22.8 Å². The molecule has 0 radical (unpaired) electrons. The van der Waals surface area contributed by atoms with Crippen molar-refractivity contribution in [2.45, 2.75) is 17.9 Å². The van der Waals surface area contributed by atoms with Gasteiger partial charge in [-0.1, -0.05) is 60.3 Å². The van der Waals surface area contributed by atoms with Gasteiger partial charge in [-0.05, 0) is 17.7 Å². The Hall–Kier alpha value is -3.27. The molecule has 3 aromatic rings. The molecule has 0 fully saturated rings. The van der Waals surface area contributed by atoms with Gasteiger partial charge in [0.25, 0.3) is 0 Å². The number of benzene rings is 2. The molecule has 3 rings (SSSR count). The predicted molar refractivity (Wildman–Crippen MR) is 108 cm³/mol. The highest BCUT2D eigenvalue weighted by atomic mass is 32.2. The second-order valence-electron chi connectivity index (χ2n) is 6.15. The van der Waals surface area contributed by atoms with Gasteiger partial charge in [0.05, 0.1) is 17.6 Å². The van der Waals surface area contributed by atoms with Crippen LogP contribution in [0.3, 0.4) is 0 Å². The molecule has 1 aromatic heterocycles. The summed E-state index contributed by atoms with van der Waals surface area (Å²) in [6.07, 6.45) is -3.12. The van der Waals surface area contributed by atoms with E-state index in [0.29, 0.717) is 11.3 Å². The topological polar surface area (TPSA) is 76.0 Å². The largest absolute Gasteiger partial charge is 0.406 e. The maximum Gasteiger partial charge on any atom is 0.406 e. The summed E-state index contributed by atoms with van der Waals surface area (Å²) in [5.41, 5.74) is 1.37. The lowest BCUT2D eigenvalue weighted by molar-refractivity contribution is -0.141. The molecule has 2 N–H and O–H groups in total. The lowest BCUT2D eigenvalue weighted by atomic mass is 10.2. The second-order valence-corrected chi connectivity index (χ2v) is 7.09. The number of rotatable bonds is 6. The van der Waals surface area contributed by atoms with Crippen LogP contribution in [0.2, 0.25) is 0 Å². The highest BCUT2D eigenvalue weighted by Gasteiger charge is 2.31. The van der Waals surface area contributed by atoms with E-state index in [1.165, 1.54) is 6.20 Å². The number of nitrogens with one attached hydrogen (secondary N) is 2. The Morgan fingerprint density at radius 2 is 1.63 bits per heavy atom. The lowest BCUT2D eigenvalue weighted by Gasteiger charge is -2.14. The first-order valence-corrected chi connectivity index (χ1v) is 9.77. The van der Waals surface area contributed by atoms with Gasteiger partial charge in [0.1, 0.15) is 6.54 Å². The third-order valence-corrected chi connectivity index (χ3v) is 4.83. The van der Waals surface area contributed by atoms with Gasteiger partial charge >= 0.3 is 12.2 Å². The van der Waals surface area contributed by atoms with Crippen LogP contribution < -0.4 is 10.6 Å². The van der Waals surface area contributed by atoms with Crippen molar-refractivity contribution >= 4 is 29.4 Å². The Morgan fingerprint density at radius 1 is 1.00 bits per heavy atom. The average molecular weight is 434 g/mol. The minimum Gasteiger partial charge on any atom is -0.310 e. The van der Waals surface area contributed by atoms with Crippen LogP contribution in [-0.4, -0.2) is 33.4 Å². The van der Waals surface area contributed by atoms with Crippen LogP contribution in [0, 0.1) is 0 Å². The van der Waals surface area contributed by atoms with Gasteiger partial charge in [-0.25, -0.2) is 9.78 Å². The number of carbonyl (C=O) groups excluding carboxylic acids is 2. The van der Waals surface area contributed by atoms with E-state index in [0.717, 1.165) is 16.3 Å². The zero-order valence-electron chi connectivity index (χ0n) is 15.5. The van der Waals surface area contributed by atoms with E-state index in [1.807, 2.05) is 0 Å². The molecule has 0 unspecified atom stereocenters. The third kappa shape index (κ3) is 6.11. The number of halogens is 3. The van der Waals surface area contributed by atoms with Crippen LogP contribution in [0.25, 0.3) is 11.3 Å². The predicted octanol–water partition coefficient (Wildman–Crippen LogP) is 4.55. The number of imidazole rings is 1. The highest BCUT2D eigenvalue weighted by molar-refractivity contribution is 7.99. The number of hydrogen-bond acceptors (Lipinski definition) is 4. The number of carbonyl (C=O) groups is 2. The maximum absolute atomic E-state index is 13.1. The van der Waals surface area contributed by atoms with Crippen LogP contribution in [0.4, 0.5) is 23.7 Å². The van der Waals surface area contributed by atoms with Gasteiger partial charge in [-0.2, -0.15) is 13.2 Å². The SMILES string of the molecule is O=C(CSc1ncc(-c2ccccc2)n1CC(F)(F)F)NC(=O)Nc1ccccc1. The molecule has 3 amide bonds. The molecule has 10 heteroatoms. The number of thioether (sulfide) groups is 1.